The molecule has 1 fully saturated rings. The Morgan fingerprint density at radius 3 is 2.80 bits per heavy atom. The predicted molar refractivity (Wildman–Crippen MR) is 135 cm³/mol. The number of aromatic nitrogens is 5. The summed E-state index contributed by atoms with van der Waals surface area (Å²) >= 11 is 0. The molecule has 1 aliphatic heterocycles. The summed E-state index contributed by atoms with van der Waals surface area (Å²) in [7, 11) is 0. The molecule has 0 aliphatic carbocycles. The standard InChI is InChI=1S/C27H32N6O2/c1-3-25(26-29-30-31-33(26)18-23-10-7-13-35-23)32(16-20-8-5-4-6-9-20)17-22-15-21-12-11-19(2)14-24(21)28-27(22)34/h4-6,8-9,11-12,14-15,23,25H,3,7,10,13,16-18H2,1-2H3,(H,28,34)/t23-,25+/m1/s1. The van der Waals surface area contributed by atoms with Gasteiger partial charge in [0.15, 0.2) is 5.82 Å². The van der Waals surface area contributed by atoms with Crippen LogP contribution in [-0.4, -0.2) is 42.8 Å². The van der Waals surface area contributed by atoms with Crippen molar-refractivity contribution in [3.05, 3.63) is 87.5 Å². The summed E-state index contributed by atoms with van der Waals surface area (Å²) in [5.41, 5.74) is 3.83. The molecule has 0 radical (unpaired) electrons. The third-order valence-corrected chi connectivity index (χ3v) is 6.77. The molecular formula is C27H32N6O2. The number of tetrazole rings is 1. The largest absolute Gasteiger partial charge is 0.376 e. The molecule has 35 heavy (non-hydrogen) atoms. The van der Waals surface area contributed by atoms with Gasteiger partial charge in [-0.25, -0.2) is 4.68 Å². The van der Waals surface area contributed by atoms with Crippen LogP contribution in [0.5, 0.6) is 0 Å². The van der Waals surface area contributed by atoms with E-state index in [1.807, 2.05) is 41.9 Å². The van der Waals surface area contributed by atoms with Gasteiger partial charge in [-0.05, 0) is 65.3 Å². The molecule has 2 aromatic carbocycles. The van der Waals surface area contributed by atoms with Gasteiger partial charge in [-0.3, -0.25) is 9.69 Å². The van der Waals surface area contributed by atoms with Crippen molar-refractivity contribution in [1.82, 2.24) is 30.1 Å². The van der Waals surface area contributed by atoms with E-state index in [2.05, 4.69) is 56.6 Å². The van der Waals surface area contributed by atoms with Crippen molar-refractivity contribution in [3.63, 3.8) is 0 Å². The van der Waals surface area contributed by atoms with Crippen LogP contribution in [0.3, 0.4) is 0 Å². The van der Waals surface area contributed by atoms with Crippen molar-refractivity contribution < 1.29 is 4.74 Å². The van der Waals surface area contributed by atoms with Gasteiger partial charge in [0.25, 0.3) is 5.56 Å². The van der Waals surface area contributed by atoms with Crippen LogP contribution in [0.4, 0.5) is 0 Å². The summed E-state index contributed by atoms with van der Waals surface area (Å²) in [5, 5.41) is 13.8. The van der Waals surface area contributed by atoms with Crippen LogP contribution in [0, 0.1) is 6.92 Å². The molecule has 4 aromatic rings. The molecule has 3 heterocycles. The van der Waals surface area contributed by atoms with E-state index in [0.29, 0.717) is 19.6 Å². The summed E-state index contributed by atoms with van der Waals surface area (Å²) in [6.07, 6.45) is 3.05. The fraction of sp³-hybridized carbons (Fsp3) is 0.407. The molecule has 182 valence electrons. The molecule has 1 N–H and O–H groups in total. The fourth-order valence-corrected chi connectivity index (χ4v) is 4.96. The van der Waals surface area contributed by atoms with Gasteiger partial charge in [0, 0.05) is 30.8 Å². The number of aromatic amines is 1. The number of aryl methyl sites for hydroxylation is 1. The molecule has 0 spiro atoms. The number of ether oxygens (including phenoxy) is 1. The lowest BCUT2D eigenvalue weighted by Gasteiger charge is -2.30. The third kappa shape index (κ3) is 5.33. The topological polar surface area (TPSA) is 88.9 Å². The Kier molecular flexibility index (Phi) is 7.01. The van der Waals surface area contributed by atoms with Gasteiger partial charge < -0.3 is 9.72 Å². The van der Waals surface area contributed by atoms with Crippen LogP contribution in [0.25, 0.3) is 10.9 Å². The molecule has 0 amide bonds. The molecule has 1 aliphatic rings. The summed E-state index contributed by atoms with van der Waals surface area (Å²) in [4.78, 5) is 18.5. The Labute approximate surface area is 204 Å². The lowest BCUT2D eigenvalue weighted by Crippen LogP contribution is -2.33. The van der Waals surface area contributed by atoms with Crippen LogP contribution >= 0.6 is 0 Å². The minimum atomic E-state index is -0.0602. The minimum Gasteiger partial charge on any atom is -0.376 e. The van der Waals surface area contributed by atoms with Crippen molar-refractivity contribution in [2.75, 3.05) is 6.61 Å². The maximum absolute atomic E-state index is 13.1. The fourth-order valence-electron chi connectivity index (χ4n) is 4.96. The molecule has 5 rings (SSSR count). The molecule has 0 unspecified atom stereocenters. The average Bonchev–Trinajstić information content (AvgIpc) is 3.54. The Morgan fingerprint density at radius 1 is 1.17 bits per heavy atom. The number of nitrogens with zero attached hydrogens (tertiary/aromatic N) is 5. The number of benzene rings is 2. The van der Waals surface area contributed by atoms with Gasteiger partial charge in [-0.1, -0.05) is 49.4 Å². The van der Waals surface area contributed by atoms with E-state index >= 15 is 0 Å². The monoisotopic (exact) mass is 472 g/mol. The van der Waals surface area contributed by atoms with Crippen molar-refractivity contribution in [1.29, 1.82) is 0 Å². The van der Waals surface area contributed by atoms with Crippen molar-refractivity contribution in [2.45, 2.75) is 64.9 Å². The Balaban J connectivity index is 1.49. The minimum absolute atomic E-state index is 0.0558. The van der Waals surface area contributed by atoms with E-state index in [4.69, 9.17) is 4.74 Å². The first-order valence-corrected chi connectivity index (χ1v) is 12.4. The molecule has 2 aromatic heterocycles. The van der Waals surface area contributed by atoms with Gasteiger partial charge >= 0.3 is 0 Å². The highest BCUT2D eigenvalue weighted by Crippen LogP contribution is 2.27. The van der Waals surface area contributed by atoms with Crippen LogP contribution in [0.1, 0.15) is 54.7 Å². The average molecular weight is 473 g/mol. The maximum atomic E-state index is 13.1. The highest BCUT2D eigenvalue weighted by atomic mass is 16.5. The zero-order valence-corrected chi connectivity index (χ0v) is 20.4. The predicted octanol–water partition coefficient (Wildman–Crippen LogP) is 4.16. The van der Waals surface area contributed by atoms with E-state index < -0.39 is 0 Å². The van der Waals surface area contributed by atoms with Crippen LogP contribution in [0.2, 0.25) is 0 Å². The molecule has 8 heteroatoms. The summed E-state index contributed by atoms with van der Waals surface area (Å²) in [5.74, 6) is 0.812. The quantitative estimate of drug-likeness (QED) is 0.394. The zero-order chi connectivity index (χ0) is 24.2. The summed E-state index contributed by atoms with van der Waals surface area (Å²) < 4.78 is 7.72. The number of pyridine rings is 1. The number of H-pyrrole nitrogens is 1. The summed E-state index contributed by atoms with van der Waals surface area (Å²) in [6, 6.07) is 18.4. The first-order valence-electron chi connectivity index (χ1n) is 12.4. The lowest BCUT2D eigenvalue weighted by molar-refractivity contribution is 0.0888. The van der Waals surface area contributed by atoms with Crippen LogP contribution in [0.15, 0.2) is 59.4 Å². The van der Waals surface area contributed by atoms with E-state index in [-0.39, 0.29) is 17.7 Å². The van der Waals surface area contributed by atoms with E-state index in [0.717, 1.165) is 53.7 Å². The second-order valence-corrected chi connectivity index (χ2v) is 9.38. The number of hydrogen-bond acceptors (Lipinski definition) is 6. The van der Waals surface area contributed by atoms with Crippen molar-refractivity contribution >= 4 is 10.9 Å². The van der Waals surface area contributed by atoms with Gasteiger partial charge in [-0.15, -0.1) is 5.10 Å². The van der Waals surface area contributed by atoms with Gasteiger partial charge in [0.1, 0.15) is 0 Å². The lowest BCUT2D eigenvalue weighted by atomic mass is 10.1. The van der Waals surface area contributed by atoms with Crippen LogP contribution < -0.4 is 5.56 Å². The van der Waals surface area contributed by atoms with Gasteiger partial charge in [-0.2, -0.15) is 0 Å². The SMILES string of the molecule is CC[C@@H](c1nnnn1C[C@H]1CCCO1)N(Cc1ccccc1)Cc1cc2ccc(C)cc2[nH]c1=O. The van der Waals surface area contributed by atoms with E-state index in [1.165, 1.54) is 5.56 Å². The first kappa shape index (κ1) is 23.4. The second-order valence-electron chi connectivity index (χ2n) is 9.38. The Hall–Kier alpha value is -3.36. The highest BCUT2D eigenvalue weighted by molar-refractivity contribution is 5.79. The number of nitrogens with one attached hydrogen (secondary N) is 1. The summed E-state index contributed by atoms with van der Waals surface area (Å²) in [6.45, 7) is 6.77. The van der Waals surface area contributed by atoms with Gasteiger partial charge in [0.05, 0.1) is 18.7 Å². The van der Waals surface area contributed by atoms with E-state index in [1.54, 1.807) is 0 Å². The first-order chi connectivity index (χ1) is 17.1. The highest BCUT2D eigenvalue weighted by Gasteiger charge is 2.27. The number of fused-ring (bicyclic) bond motifs is 1. The van der Waals surface area contributed by atoms with Crippen molar-refractivity contribution in [2.24, 2.45) is 0 Å². The third-order valence-electron chi connectivity index (χ3n) is 6.77. The maximum Gasteiger partial charge on any atom is 0.252 e. The molecule has 2 atom stereocenters. The smallest absolute Gasteiger partial charge is 0.252 e. The Morgan fingerprint density at radius 2 is 2.03 bits per heavy atom. The van der Waals surface area contributed by atoms with Crippen LogP contribution in [-0.2, 0) is 24.4 Å². The molecule has 8 nitrogen and oxygen atoms in total. The molecule has 0 saturated carbocycles. The normalized spacial score (nSPS) is 16.8. The molecule has 1 saturated heterocycles. The molecular weight excluding hydrogens is 440 g/mol. The van der Waals surface area contributed by atoms with Crippen molar-refractivity contribution in [3.8, 4) is 0 Å². The second kappa shape index (κ2) is 10.5. The number of hydrogen-bond donors (Lipinski definition) is 1. The molecule has 0 bridgehead atoms. The number of rotatable bonds is 9. The Bertz CT molecular complexity index is 1330. The van der Waals surface area contributed by atoms with E-state index in [9.17, 15) is 4.79 Å². The van der Waals surface area contributed by atoms with Gasteiger partial charge in [0.2, 0.25) is 0 Å². The zero-order valence-electron chi connectivity index (χ0n) is 20.4.